The minimum absolute atomic E-state index is 0.121. The van der Waals surface area contributed by atoms with E-state index in [4.69, 9.17) is 11.2 Å². The first-order chi connectivity index (χ1) is 9.19. The summed E-state index contributed by atoms with van der Waals surface area (Å²) in [6.45, 7) is 3.69. The Labute approximate surface area is 113 Å². The fraction of sp³-hybridized carbons (Fsp3) is 0.333. The number of para-hydroxylation sites is 1. The molecule has 0 aliphatic rings. The predicted molar refractivity (Wildman–Crippen MR) is 74.8 cm³/mol. The Balaban J connectivity index is 2.95. The smallest absolute Gasteiger partial charge is 0.210 e. The Morgan fingerprint density at radius 1 is 1.53 bits per heavy atom. The van der Waals surface area contributed by atoms with Crippen LogP contribution in [-0.4, -0.2) is 18.1 Å². The van der Waals surface area contributed by atoms with Gasteiger partial charge < -0.3 is 4.74 Å². The second-order valence-electron chi connectivity index (χ2n) is 4.11. The summed E-state index contributed by atoms with van der Waals surface area (Å²) in [5.41, 5.74) is 0.830. The zero-order valence-electron chi connectivity index (χ0n) is 10.7. The maximum Gasteiger partial charge on any atom is 0.210 e. The van der Waals surface area contributed by atoms with E-state index in [2.05, 4.69) is 12.5 Å². The van der Waals surface area contributed by atoms with Gasteiger partial charge in [-0.05, 0) is 18.9 Å². The molecule has 1 rings (SSSR count). The molecule has 0 aliphatic heterocycles. The van der Waals surface area contributed by atoms with E-state index < -0.39 is 0 Å². The van der Waals surface area contributed by atoms with Crippen molar-refractivity contribution in [3.05, 3.63) is 52.6 Å². The minimum Gasteiger partial charge on any atom is -0.481 e. The van der Waals surface area contributed by atoms with Gasteiger partial charge in [-0.15, -0.1) is 13.0 Å². The highest BCUT2D eigenvalue weighted by molar-refractivity contribution is 5.36. The molecule has 0 heterocycles. The zero-order chi connectivity index (χ0) is 14.1. The number of nitrogens with zero attached hydrogens (tertiary/aromatic N) is 1. The van der Waals surface area contributed by atoms with Crippen molar-refractivity contribution in [3.63, 3.8) is 0 Å². The molecule has 1 aromatic rings. The molecular weight excluding hydrogens is 242 g/mol. The number of nitro groups is 1. The van der Waals surface area contributed by atoms with Gasteiger partial charge in [-0.25, -0.2) is 0 Å². The van der Waals surface area contributed by atoms with Crippen LogP contribution in [0.4, 0.5) is 0 Å². The highest BCUT2D eigenvalue weighted by atomic mass is 16.6. The second kappa shape index (κ2) is 7.93. The van der Waals surface area contributed by atoms with Gasteiger partial charge in [0.2, 0.25) is 6.54 Å². The predicted octanol–water partition coefficient (Wildman–Crippen LogP) is 3.03. The molecular formula is C15H17NO3. The summed E-state index contributed by atoms with van der Waals surface area (Å²) >= 11 is 0. The topological polar surface area (TPSA) is 52.4 Å². The lowest BCUT2D eigenvalue weighted by atomic mass is 9.93. The highest BCUT2D eigenvalue weighted by Crippen LogP contribution is 2.30. The van der Waals surface area contributed by atoms with Crippen molar-refractivity contribution >= 4 is 0 Å². The number of terminal acetylenes is 1. The Hall–Kier alpha value is -2.28. The fourth-order valence-corrected chi connectivity index (χ4v) is 1.91. The third kappa shape index (κ3) is 4.84. The van der Waals surface area contributed by atoms with Crippen LogP contribution >= 0.6 is 0 Å². The largest absolute Gasteiger partial charge is 0.481 e. The molecule has 0 saturated carbocycles. The van der Waals surface area contributed by atoms with Crippen molar-refractivity contribution in [2.75, 3.05) is 13.2 Å². The third-order valence-corrected chi connectivity index (χ3v) is 2.76. The molecule has 0 radical (unpaired) electrons. The lowest BCUT2D eigenvalue weighted by Gasteiger charge is -2.16. The van der Waals surface area contributed by atoms with Gasteiger partial charge in [0.25, 0.3) is 0 Å². The van der Waals surface area contributed by atoms with Crippen LogP contribution in [0.3, 0.4) is 0 Å². The van der Waals surface area contributed by atoms with E-state index in [1.165, 1.54) is 0 Å². The fourth-order valence-electron chi connectivity index (χ4n) is 1.91. The summed E-state index contributed by atoms with van der Waals surface area (Å²) in [5, 5.41) is 10.8. The van der Waals surface area contributed by atoms with Gasteiger partial charge in [-0.3, -0.25) is 10.1 Å². The van der Waals surface area contributed by atoms with E-state index in [1.807, 2.05) is 18.2 Å². The Morgan fingerprint density at radius 2 is 2.26 bits per heavy atom. The quantitative estimate of drug-likeness (QED) is 0.312. The second-order valence-corrected chi connectivity index (χ2v) is 4.11. The maximum atomic E-state index is 10.8. The monoisotopic (exact) mass is 259 g/mol. The summed E-state index contributed by atoms with van der Waals surface area (Å²) in [6, 6.07) is 7.31. The highest BCUT2D eigenvalue weighted by Gasteiger charge is 2.20. The molecule has 100 valence electrons. The molecule has 0 amide bonds. The van der Waals surface area contributed by atoms with Crippen LogP contribution in [0.1, 0.15) is 24.3 Å². The van der Waals surface area contributed by atoms with Gasteiger partial charge in [-0.2, -0.15) is 0 Å². The van der Waals surface area contributed by atoms with Gasteiger partial charge in [0, 0.05) is 10.5 Å². The van der Waals surface area contributed by atoms with Crippen molar-refractivity contribution in [3.8, 4) is 18.1 Å². The van der Waals surface area contributed by atoms with Gasteiger partial charge in [-0.1, -0.05) is 30.2 Å². The van der Waals surface area contributed by atoms with Crippen LogP contribution < -0.4 is 4.74 Å². The first-order valence-electron chi connectivity index (χ1n) is 6.07. The van der Waals surface area contributed by atoms with Crippen molar-refractivity contribution in [2.24, 2.45) is 0 Å². The van der Waals surface area contributed by atoms with Crippen molar-refractivity contribution in [2.45, 2.75) is 18.8 Å². The molecule has 0 N–H and O–H groups in total. The van der Waals surface area contributed by atoms with Gasteiger partial charge in [0.15, 0.2) is 0 Å². The first kappa shape index (κ1) is 14.8. The zero-order valence-corrected chi connectivity index (χ0v) is 10.7. The SMILES string of the molecule is C#CCOc1ccccc1C(CCC=C)C[N+](=O)[O-]. The van der Waals surface area contributed by atoms with Gasteiger partial charge in [0.1, 0.15) is 12.4 Å². The molecule has 0 aromatic heterocycles. The van der Waals surface area contributed by atoms with E-state index in [1.54, 1.807) is 12.1 Å². The Bertz CT molecular complexity index is 477. The molecule has 1 aromatic carbocycles. The van der Waals surface area contributed by atoms with E-state index in [0.717, 1.165) is 12.0 Å². The van der Waals surface area contributed by atoms with Crippen molar-refractivity contribution < 1.29 is 9.66 Å². The van der Waals surface area contributed by atoms with E-state index >= 15 is 0 Å². The summed E-state index contributed by atoms with van der Waals surface area (Å²) in [6.07, 6.45) is 8.32. The molecule has 0 aliphatic carbocycles. The molecule has 1 unspecified atom stereocenters. The summed E-state index contributed by atoms with van der Waals surface area (Å²) < 4.78 is 5.44. The van der Waals surface area contributed by atoms with Crippen molar-refractivity contribution in [1.29, 1.82) is 0 Å². The van der Waals surface area contributed by atoms with Gasteiger partial charge >= 0.3 is 0 Å². The number of benzene rings is 1. The number of ether oxygens (including phenoxy) is 1. The molecule has 0 fully saturated rings. The van der Waals surface area contributed by atoms with Crippen LogP contribution in [0.15, 0.2) is 36.9 Å². The molecule has 1 atom stereocenters. The normalized spacial score (nSPS) is 11.3. The Kier molecular flexibility index (Phi) is 6.17. The number of rotatable bonds is 8. The van der Waals surface area contributed by atoms with E-state index in [9.17, 15) is 10.1 Å². The van der Waals surface area contributed by atoms with Crippen LogP contribution in [0.2, 0.25) is 0 Å². The van der Waals surface area contributed by atoms with Crippen LogP contribution in [0.25, 0.3) is 0 Å². The molecule has 0 spiro atoms. The third-order valence-electron chi connectivity index (χ3n) is 2.76. The van der Waals surface area contributed by atoms with Crippen LogP contribution in [-0.2, 0) is 0 Å². The van der Waals surface area contributed by atoms with Crippen LogP contribution in [0, 0.1) is 22.5 Å². The first-order valence-corrected chi connectivity index (χ1v) is 6.07. The molecule has 0 saturated heterocycles. The minimum atomic E-state index is -0.300. The summed E-state index contributed by atoms with van der Waals surface area (Å²) in [4.78, 5) is 10.5. The average Bonchev–Trinajstić information content (AvgIpc) is 2.41. The van der Waals surface area contributed by atoms with Crippen molar-refractivity contribution in [1.82, 2.24) is 0 Å². The molecule has 4 heteroatoms. The number of hydrogen-bond donors (Lipinski definition) is 0. The van der Waals surface area contributed by atoms with E-state index in [0.29, 0.717) is 12.2 Å². The maximum absolute atomic E-state index is 10.8. The number of allylic oxidation sites excluding steroid dienone is 1. The van der Waals surface area contributed by atoms with E-state index in [-0.39, 0.29) is 24.0 Å². The lowest BCUT2D eigenvalue weighted by Crippen LogP contribution is -2.14. The standard InChI is InChI=1S/C15H17NO3/c1-3-5-8-13(12-16(17)18)14-9-6-7-10-15(14)19-11-4-2/h2-3,6-7,9-10,13H,1,5,8,11-12H2. The lowest BCUT2D eigenvalue weighted by molar-refractivity contribution is -0.483. The summed E-state index contributed by atoms with van der Waals surface area (Å²) in [7, 11) is 0. The number of hydrogen-bond acceptors (Lipinski definition) is 3. The van der Waals surface area contributed by atoms with Gasteiger partial charge in [0.05, 0.1) is 5.92 Å². The average molecular weight is 259 g/mol. The summed E-state index contributed by atoms with van der Waals surface area (Å²) in [5.74, 6) is 2.82. The van der Waals surface area contributed by atoms with Crippen LogP contribution in [0.5, 0.6) is 5.75 Å². The molecule has 4 nitrogen and oxygen atoms in total. The Morgan fingerprint density at radius 3 is 2.89 bits per heavy atom. The molecule has 19 heavy (non-hydrogen) atoms. The molecule has 0 bridgehead atoms.